The largest absolute Gasteiger partial charge is 0.369 e. The number of benzene rings is 2. The maximum atomic E-state index is 13.3. The first-order chi connectivity index (χ1) is 21.9. The number of likely N-dealkylation sites (N-methyl/N-ethyl adjacent to an activating group) is 2. The summed E-state index contributed by atoms with van der Waals surface area (Å²) >= 11 is 0. The van der Waals surface area contributed by atoms with Gasteiger partial charge in [-0.3, -0.25) is 19.2 Å². The fourth-order valence-electron chi connectivity index (χ4n) is 4.30. The van der Waals surface area contributed by atoms with Crippen LogP contribution in [0.1, 0.15) is 54.3 Å². The van der Waals surface area contributed by atoms with Crippen molar-refractivity contribution in [1.82, 2.24) is 19.8 Å². The van der Waals surface area contributed by atoms with E-state index in [9.17, 15) is 19.2 Å². The van der Waals surface area contributed by atoms with E-state index >= 15 is 0 Å². The molecule has 0 bridgehead atoms. The Hall–Kier alpha value is -5.30. The maximum absolute atomic E-state index is 13.3. The van der Waals surface area contributed by atoms with E-state index in [1.54, 1.807) is 62.5 Å². The molecule has 0 saturated heterocycles. The van der Waals surface area contributed by atoms with Crippen LogP contribution in [0.25, 0.3) is 0 Å². The number of nitrogens with one attached hydrogen (secondary N) is 4. The monoisotopic (exact) mass is 629 g/mol. The number of carbonyl (C=O) groups is 4. The number of aromatic nitrogens is 2. The van der Waals surface area contributed by atoms with Crippen molar-refractivity contribution in [2.75, 3.05) is 49.0 Å². The Morgan fingerprint density at radius 2 is 1.63 bits per heavy atom. The van der Waals surface area contributed by atoms with E-state index in [1.807, 2.05) is 38.9 Å². The summed E-state index contributed by atoms with van der Waals surface area (Å²) < 4.78 is 0. The molecule has 0 radical (unpaired) electrons. The van der Waals surface area contributed by atoms with Gasteiger partial charge >= 0.3 is 0 Å². The van der Waals surface area contributed by atoms with Crippen LogP contribution in [-0.4, -0.2) is 83.2 Å². The molecule has 1 unspecified atom stereocenters. The third kappa shape index (κ3) is 9.86. The Bertz CT molecular complexity index is 1560. The summed E-state index contributed by atoms with van der Waals surface area (Å²) in [5.74, 6) is -1.04. The predicted octanol–water partition coefficient (Wildman–Crippen LogP) is 4.08. The van der Waals surface area contributed by atoms with Gasteiger partial charge in [0.05, 0.1) is 0 Å². The third-order valence-corrected chi connectivity index (χ3v) is 7.24. The minimum atomic E-state index is -0.743. The molecule has 3 aromatic rings. The topological polar surface area (TPSA) is 175 Å². The number of nitrogens with zero attached hydrogens (tertiary/aromatic N) is 4. The minimum absolute atomic E-state index is 0.118. The van der Waals surface area contributed by atoms with E-state index < -0.39 is 17.9 Å². The van der Waals surface area contributed by atoms with Crippen LogP contribution in [0, 0.1) is 0 Å². The van der Waals surface area contributed by atoms with E-state index in [0.29, 0.717) is 35.0 Å². The number of carbonyl (C=O) groups excluding carboxylic acids is 4. The molecule has 0 spiro atoms. The second-order valence-corrected chi connectivity index (χ2v) is 10.9. The van der Waals surface area contributed by atoms with Gasteiger partial charge < -0.3 is 36.8 Å². The Balaban J connectivity index is 1.69. The molecule has 0 aliphatic heterocycles. The molecule has 13 heteroatoms. The van der Waals surface area contributed by atoms with Crippen molar-refractivity contribution in [3.05, 3.63) is 78.0 Å². The summed E-state index contributed by atoms with van der Waals surface area (Å²) in [5.41, 5.74) is 7.43. The molecule has 0 aliphatic carbocycles. The quantitative estimate of drug-likeness (QED) is 0.155. The highest BCUT2D eigenvalue weighted by Gasteiger charge is 2.22. The molecule has 2 aromatic carbocycles. The van der Waals surface area contributed by atoms with E-state index in [1.165, 1.54) is 17.2 Å². The molecule has 1 aromatic heterocycles. The second kappa shape index (κ2) is 16.7. The number of anilines is 5. The molecule has 2 atom stereocenters. The lowest BCUT2D eigenvalue weighted by Gasteiger charge is -2.24. The lowest BCUT2D eigenvalue weighted by Crippen LogP contribution is -2.42. The fraction of sp³-hybridized carbons (Fsp3) is 0.333. The van der Waals surface area contributed by atoms with Crippen molar-refractivity contribution >= 4 is 52.5 Å². The third-order valence-electron chi connectivity index (χ3n) is 7.24. The normalized spacial score (nSPS) is 12.3. The molecule has 1 heterocycles. The van der Waals surface area contributed by atoms with Gasteiger partial charge in [-0.1, -0.05) is 26.0 Å². The van der Waals surface area contributed by atoms with E-state index in [0.717, 1.165) is 12.8 Å². The van der Waals surface area contributed by atoms with Gasteiger partial charge in [-0.25, -0.2) is 4.98 Å². The molecule has 46 heavy (non-hydrogen) atoms. The predicted molar refractivity (Wildman–Crippen MR) is 181 cm³/mol. The molecule has 244 valence electrons. The van der Waals surface area contributed by atoms with Crippen molar-refractivity contribution < 1.29 is 19.2 Å². The molecule has 4 amide bonds. The fourth-order valence-corrected chi connectivity index (χ4v) is 4.30. The van der Waals surface area contributed by atoms with Gasteiger partial charge in [-0.15, -0.1) is 0 Å². The Labute approximate surface area is 269 Å². The average Bonchev–Trinajstić information content (AvgIpc) is 3.03. The van der Waals surface area contributed by atoms with Crippen LogP contribution < -0.4 is 27.0 Å². The summed E-state index contributed by atoms with van der Waals surface area (Å²) in [6.45, 7) is 6.25. The lowest BCUT2D eigenvalue weighted by atomic mass is 10.2. The molecule has 0 aliphatic rings. The summed E-state index contributed by atoms with van der Waals surface area (Å²) in [4.78, 5) is 62.5. The number of rotatable bonds is 15. The van der Waals surface area contributed by atoms with Crippen molar-refractivity contribution in [3.8, 4) is 0 Å². The Morgan fingerprint density at radius 3 is 2.24 bits per heavy atom. The summed E-state index contributed by atoms with van der Waals surface area (Å²) in [5, 5.41) is 11.9. The van der Waals surface area contributed by atoms with E-state index in [2.05, 4.69) is 31.2 Å². The van der Waals surface area contributed by atoms with Crippen molar-refractivity contribution in [2.24, 2.45) is 5.73 Å². The van der Waals surface area contributed by atoms with Gasteiger partial charge in [0.15, 0.2) is 0 Å². The van der Waals surface area contributed by atoms with Crippen LogP contribution in [0.15, 0.2) is 66.9 Å². The first-order valence-corrected chi connectivity index (χ1v) is 15.0. The highest BCUT2D eigenvalue weighted by atomic mass is 16.2. The SMILES string of the molecule is CCCNc1nc(Nc2ccc(C(N)=O)cc2)ncc1C(=O)Nc1cccc(NC(=O)[C@H](C)N(C)C(=O)/C=C/C(CC)N(C)C)c1. The molecule has 0 saturated carbocycles. The van der Waals surface area contributed by atoms with Gasteiger partial charge in [-0.2, -0.15) is 4.98 Å². The van der Waals surface area contributed by atoms with Crippen LogP contribution >= 0.6 is 0 Å². The summed E-state index contributed by atoms with van der Waals surface area (Å²) in [7, 11) is 5.47. The first kappa shape index (κ1) is 35.2. The number of amides is 4. The Morgan fingerprint density at radius 1 is 0.957 bits per heavy atom. The number of nitrogens with two attached hydrogens (primary N) is 1. The molecular weight excluding hydrogens is 586 g/mol. The maximum Gasteiger partial charge on any atom is 0.260 e. The molecule has 0 fully saturated rings. The summed E-state index contributed by atoms with van der Waals surface area (Å²) in [6.07, 6.45) is 6.39. The molecule has 3 rings (SSSR count). The smallest absolute Gasteiger partial charge is 0.260 e. The molecule has 6 N–H and O–H groups in total. The first-order valence-electron chi connectivity index (χ1n) is 15.0. The zero-order valence-corrected chi connectivity index (χ0v) is 27.1. The summed E-state index contributed by atoms with van der Waals surface area (Å²) in [6, 6.07) is 12.6. The lowest BCUT2D eigenvalue weighted by molar-refractivity contribution is -0.132. The zero-order chi connectivity index (χ0) is 33.8. The molecule has 13 nitrogen and oxygen atoms in total. The highest BCUT2D eigenvalue weighted by molar-refractivity contribution is 6.08. The van der Waals surface area contributed by atoms with Gasteiger partial charge in [-0.05, 0) is 76.3 Å². The number of primary amides is 1. The number of hydrogen-bond acceptors (Lipinski definition) is 9. The van der Waals surface area contributed by atoms with Crippen LogP contribution in [0.4, 0.5) is 28.8 Å². The van der Waals surface area contributed by atoms with E-state index in [-0.39, 0.29) is 29.4 Å². The second-order valence-electron chi connectivity index (χ2n) is 10.9. The number of hydrogen-bond donors (Lipinski definition) is 5. The Kier molecular flexibility index (Phi) is 12.8. The van der Waals surface area contributed by atoms with Crippen molar-refractivity contribution in [3.63, 3.8) is 0 Å². The van der Waals surface area contributed by atoms with Gasteiger partial charge in [0.2, 0.25) is 23.7 Å². The van der Waals surface area contributed by atoms with Gasteiger partial charge in [0.1, 0.15) is 17.4 Å². The van der Waals surface area contributed by atoms with Crippen molar-refractivity contribution in [2.45, 2.75) is 45.7 Å². The van der Waals surface area contributed by atoms with Crippen LogP contribution in [0.3, 0.4) is 0 Å². The standard InChI is InChI=1S/C33H43N9O4/c1-7-18-35-30-27(20-36-33(40-30)39-23-14-12-22(13-15-23)29(34)44)32(46)38-25-11-9-10-24(19-25)37-31(45)21(3)42(6)28(43)17-16-26(8-2)41(4)5/h9-17,19-21,26H,7-8,18H2,1-6H3,(H2,34,44)(H,37,45)(H,38,46)(H2,35,36,39,40)/b17-16+/t21-,26?/m0/s1. The highest BCUT2D eigenvalue weighted by Crippen LogP contribution is 2.21. The van der Waals surface area contributed by atoms with Crippen LogP contribution in [-0.2, 0) is 9.59 Å². The zero-order valence-electron chi connectivity index (χ0n) is 27.1. The van der Waals surface area contributed by atoms with Crippen LogP contribution in [0.2, 0.25) is 0 Å². The van der Waals surface area contributed by atoms with Crippen molar-refractivity contribution in [1.29, 1.82) is 0 Å². The molecular formula is C33H43N9O4. The van der Waals surface area contributed by atoms with Gasteiger partial charge in [0.25, 0.3) is 5.91 Å². The minimum Gasteiger partial charge on any atom is -0.369 e. The average molecular weight is 630 g/mol. The van der Waals surface area contributed by atoms with Crippen LogP contribution in [0.5, 0.6) is 0 Å². The van der Waals surface area contributed by atoms with Gasteiger partial charge in [0, 0.05) is 54.5 Å². The van der Waals surface area contributed by atoms with E-state index in [4.69, 9.17) is 5.73 Å².